The van der Waals surface area contributed by atoms with Crippen LogP contribution in [-0.4, -0.2) is 9.97 Å². The molecule has 0 saturated heterocycles. The Labute approximate surface area is 122 Å². The molecule has 1 aromatic heterocycles. The highest BCUT2D eigenvalue weighted by molar-refractivity contribution is 9.10. The first-order valence-corrected chi connectivity index (χ1v) is 7.14. The van der Waals surface area contributed by atoms with Crippen molar-refractivity contribution in [3.63, 3.8) is 0 Å². The molecule has 1 aromatic carbocycles. The van der Waals surface area contributed by atoms with Crippen LogP contribution in [0.2, 0.25) is 0 Å². The minimum Gasteiger partial charge on any atom is -0.383 e. The van der Waals surface area contributed by atoms with Crippen molar-refractivity contribution in [3.05, 3.63) is 51.4 Å². The maximum Gasteiger partial charge on any atom is 0.135 e. The molecule has 0 saturated carbocycles. The Morgan fingerprint density at radius 1 is 1.26 bits per heavy atom. The average Bonchev–Trinajstić information content (AvgIpc) is 2.27. The predicted molar refractivity (Wildman–Crippen MR) is 82.2 cm³/mol. The van der Waals surface area contributed by atoms with Gasteiger partial charge in [0.05, 0.1) is 0 Å². The van der Waals surface area contributed by atoms with Crippen molar-refractivity contribution < 1.29 is 0 Å². The smallest absolute Gasteiger partial charge is 0.135 e. The molecule has 0 radical (unpaired) electrons. The van der Waals surface area contributed by atoms with Crippen molar-refractivity contribution in [1.29, 1.82) is 0 Å². The summed E-state index contributed by atoms with van der Waals surface area (Å²) in [7, 11) is 0. The van der Waals surface area contributed by atoms with Crippen molar-refractivity contribution in [2.24, 2.45) is 0 Å². The van der Waals surface area contributed by atoms with Gasteiger partial charge in [0.2, 0.25) is 0 Å². The van der Waals surface area contributed by atoms with E-state index in [0.717, 1.165) is 21.6 Å². The van der Waals surface area contributed by atoms with Gasteiger partial charge in [-0.1, -0.05) is 41.9 Å². The predicted octanol–water partition coefficient (Wildman–Crippen LogP) is 3.84. The number of rotatable bonds is 3. The molecule has 2 aromatic rings. The minimum atomic E-state index is 0.347. The highest BCUT2D eigenvalue weighted by Gasteiger charge is 2.12. The third kappa shape index (κ3) is 3.32. The number of nitrogens with two attached hydrogens (primary N) is 1. The quantitative estimate of drug-likeness (QED) is 0.935. The van der Waals surface area contributed by atoms with Crippen molar-refractivity contribution in [2.75, 3.05) is 5.73 Å². The molecule has 100 valence electrons. The van der Waals surface area contributed by atoms with Gasteiger partial charge in [-0.15, -0.1) is 0 Å². The Bertz CT molecular complexity index is 571. The van der Waals surface area contributed by atoms with Crippen molar-refractivity contribution in [2.45, 2.75) is 33.1 Å². The van der Waals surface area contributed by atoms with Crippen LogP contribution in [-0.2, 0) is 6.42 Å². The summed E-state index contributed by atoms with van der Waals surface area (Å²) in [6.45, 7) is 6.21. The minimum absolute atomic E-state index is 0.347. The van der Waals surface area contributed by atoms with Crippen LogP contribution in [0.1, 0.15) is 42.4 Å². The zero-order valence-corrected chi connectivity index (χ0v) is 13.0. The largest absolute Gasteiger partial charge is 0.383 e. The molecule has 0 unspecified atom stereocenters. The van der Waals surface area contributed by atoms with Gasteiger partial charge in [-0.2, -0.15) is 0 Å². The summed E-state index contributed by atoms with van der Waals surface area (Å²) in [5.41, 5.74) is 9.25. The summed E-state index contributed by atoms with van der Waals surface area (Å²) >= 11 is 3.47. The second-order valence-corrected chi connectivity index (χ2v) is 5.90. The fourth-order valence-electron chi connectivity index (χ4n) is 2.29. The van der Waals surface area contributed by atoms with Crippen molar-refractivity contribution in [3.8, 4) is 0 Å². The SMILES string of the molecule is Cc1nc(Cc2cccc(Br)c2)nc(N)c1C(C)C. The van der Waals surface area contributed by atoms with E-state index in [1.54, 1.807) is 0 Å². The van der Waals surface area contributed by atoms with Gasteiger partial charge < -0.3 is 5.73 Å². The molecule has 4 heteroatoms. The molecule has 0 aliphatic heterocycles. The first-order chi connectivity index (χ1) is 8.97. The third-order valence-electron chi connectivity index (χ3n) is 3.04. The van der Waals surface area contributed by atoms with Crippen LogP contribution in [0.25, 0.3) is 0 Å². The van der Waals surface area contributed by atoms with Gasteiger partial charge in [0.25, 0.3) is 0 Å². The van der Waals surface area contributed by atoms with Crippen LogP contribution in [0.4, 0.5) is 5.82 Å². The van der Waals surface area contributed by atoms with E-state index in [0.29, 0.717) is 18.2 Å². The summed E-state index contributed by atoms with van der Waals surface area (Å²) in [5, 5.41) is 0. The Balaban J connectivity index is 2.32. The number of anilines is 1. The Morgan fingerprint density at radius 3 is 2.58 bits per heavy atom. The lowest BCUT2D eigenvalue weighted by molar-refractivity contribution is 0.817. The average molecular weight is 320 g/mol. The first kappa shape index (κ1) is 14.0. The first-order valence-electron chi connectivity index (χ1n) is 6.34. The van der Waals surface area contributed by atoms with Crippen molar-refractivity contribution >= 4 is 21.7 Å². The second-order valence-electron chi connectivity index (χ2n) is 4.99. The summed E-state index contributed by atoms with van der Waals surface area (Å²) in [6, 6.07) is 8.16. The number of nitrogens with zero attached hydrogens (tertiary/aromatic N) is 2. The standard InChI is InChI=1S/C15H18BrN3/c1-9(2)14-10(3)18-13(19-15(14)17)8-11-5-4-6-12(16)7-11/h4-7,9H,8H2,1-3H3,(H2,17,18,19). The molecule has 19 heavy (non-hydrogen) atoms. The van der Waals surface area contributed by atoms with E-state index in [4.69, 9.17) is 5.73 Å². The van der Waals surface area contributed by atoms with Crippen molar-refractivity contribution in [1.82, 2.24) is 9.97 Å². The molecule has 2 rings (SSSR count). The van der Waals surface area contributed by atoms with E-state index >= 15 is 0 Å². The molecule has 2 N–H and O–H groups in total. The van der Waals surface area contributed by atoms with Gasteiger partial charge in [-0.05, 0) is 30.5 Å². The number of nitrogen functional groups attached to an aromatic ring is 1. The number of hydrogen-bond donors (Lipinski definition) is 1. The maximum absolute atomic E-state index is 6.05. The number of hydrogen-bond acceptors (Lipinski definition) is 3. The lowest BCUT2D eigenvalue weighted by atomic mass is 10.0. The zero-order chi connectivity index (χ0) is 14.0. The molecule has 0 aliphatic carbocycles. The van der Waals surface area contributed by atoms with Crippen LogP contribution in [0.15, 0.2) is 28.7 Å². The van der Waals surface area contributed by atoms with Crippen LogP contribution >= 0.6 is 15.9 Å². The molecule has 0 atom stereocenters. The lowest BCUT2D eigenvalue weighted by Gasteiger charge is -2.13. The van der Waals surface area contributed by atoms with E-state index < -0.39 is 0 Å². The fourth-order valence-corrected chi connectivity index (χ4v) is 2.73. The maximum atomic E-state index is 6.05. The van der Waals surface area contributed by atoms with E-state index in [-0.39, 0.29) is 0 Å². The highest BCUT2D eigenvalue weighted by atomic mass is 79.9. The monoisotopic (exact) mass is 319 g/mol. The summed E-state index contributed by atoms with van der Waals surface area (Å²) in [6.07, 6.45) is 0.697. The lowest BCUT2D eigenvalue weighted by Crippen LogP contribution is -2.09. The van der Waals surface area contributed by atoms with Crippen LogP contribution in [0.3, 0.4) is 0 Å². The molecule has 0 spiro atoms. The third-order valence-corrected chi connectivity index (χ3v) is 3.53. The van der Waals surface area contributed by atoms with E-state index in [1.165, 1.54) is 5.56 Å². The van der Waals surface area contributed by atoms with Gasteiger partial charge in [0.15, 0.2) is 0 Å². The number of aryl methyl sites for hydroxylation is 1. The van der Waals surface area contributed by atoms with Gasteiger partial charge in [-0.25, -0.2) is 9.97 Å². The summed E-state index contributed by atoms with van der Waals surface area (Å²) in [5.74, 6) is 1.73. The molecular weight excluding hydrogens is 302 g/mol. The van der Waals surface area contributed by atoms with Crippen LogP contribution < -0.4 is 5.73 Å². The van der Waals surface area contributed by atoms with E-state index in [9.17, 15) is 0 Å². The summed E-state index contributed by atoms with van der Waals surface area (Å²) in [4.78, 5) is 9.01. The molecule has 0 aliphatic rings. The van der Waals surface area contributed by atoms with Crippen LogP contribution in [0.5, 0.6) is 0 Å². The fraction of sp³-hybridized carbons (Fsp3) is 0.333. The summed E-state index contributed by atoms with van der Waals surface area (Å²) < 4.78 is 1.06. The second kappa shape index (κ2) is 5.70. The number of halogens is 1. The molecule has 1 heterocycles. The van der Waals surface area contributed by atoms with E-state index in [2.05, 4.69) is 51.9 Å². The highest BCUT2D eigenvalue weighted by Crippen LogP contribution is 2.23. The Hall–Kier alpha value is -1.42. The molecular formula is C15H18BrN3. The number of benzene rings is 1. The zero-order valence-electron chi connectivity index (χ0n) is 11.4. The van der Waals surface area contributed by atoms with Gasteiger partial charge >= 0.3 is 0 Å². The molecule has 0 fully saturated rings. The molecule has 3 nitrogen and oxygen atoms in total. The Kier molecular flexibility index (Phi) is 4.20. The molecule has 0 amide bonds. The Morgan fingerprint density at radius 2 is 2.00 bits per heavy atom. The van der Waals surface area contributed by atoms with Gasteiger partial charge in [0.1, 0.15) is 11.6 Å². The number of aromatic nitrogens is 2. The van der Waals surface area contributed by atoms with Crippen LogP contribution in [0, 0.1) is 6.92 Å². The topological polar surface area (TPSA) is 51.8 Å². The molecule has 0 bridgehead atoms. The van der Waals surface area contributed by atoms with Gasteiger partial charge in [0, 0.05) is 22.2 Å². The van der Waals surface area contributed by atoms with E-state index in [1.807, 2.05) is 19.1 Å². The normalized spacial score (nSPS) is 11.0. The van der Waals surface area contributed by atoms with Gasteiger partial charge in [-0.3, -0.25) is 0 Å².